The third kappa shape index (κ3) is 3.21. The Morgan fingerprint density at radius 1 is 1.19 bits per heavy atom. The van der Waals surface area contributed by atoms with Crippen LogP contribution in [0, 0.1) is 0 Å². The van der Waals surface area contributed by atoms with Crippen molar-refractivity contribution >= 4 is 33.1 Å². The summed E-state index contributed by atoms with van der Waals surface area (Å²) in [6, 6.07) is 4.43. The van der Waals surface area contributed by atoms with E-state index >= 15 is 0 Å². The van der Waals surface area contributed by atoms with E-state index in [1.165, 1.54) is 0 Å². The lowest BCUT2D eigenvalue weighted by atomic mass is 10.1. The molecule has 1 fully saturated rings. The van der Waals surface area contributed by atoms with E-state index in [1.807, 2.05) is 6.07 Å². The number of aromatic nitrogens is 1. The molecule has 0 atom stereocenters. The van der Waals surface area contributed by atoms with Crippen molar-refractivity contribution in [3.63, 3.8) is 0 Å². The summed E-state index contributed by atoms with van der Waals surface area (Å²) < 4.78 is 51.6. The first-order valence-electron chi connectivity index (χ1n) is 8.04. The van der Waals surface area contributed by atoms with Crippen molar-refractivity contribution in [2.24, 2.45) is 0 Å². The molecule has 2 aliphatic heterocycles. The van der Waals surface area contributed by atoms with Crippen LogP contribution in [0.5, 0.6) is 5.75 Å². The van der Waals surface area contributed by atoms with Gasteiger partial charge in [0.25, 0.3) is 0 Å². The van der Waals surface area contributed by atoms with Gasteiger partial charge in [-0.2, -0.15) is 13.2 Å². The molecule has 0 saturated carbocycles. The molecule has 138 valence electrons. The van der Waals surface area contributed by atoms with Crippen molar-refractivity contribution in [3.05, 3.63) is 40.0 Å². The summed E-state index contributed by atoms with van der Waals surface area (Å²) in [7, 11) is 0. The Balaban J connectivity index is 1.77. The monoisotopic (exact) mass is 429 g/mol. The van der Waals surface area contributed by atoms with Crippen molar-refractivity contribution < 1.29 is 22.6 Å². The Hall–Kier alpha value is -2.00. The Morgan fingerprint density at radius 3 is 2.69 bits per heavy atom. The van der Waals surface area contributed by atoms with Gasteiger partial charge in [0.15, 0.2) is 5.75 Å². The van der Waals surface area contributed by atoms with E-state index in [0.29, 0.717) is 36.6 Å². The fourth-order valence-corrected chi connectivity index (χ4v) is 3.62. The number of nitrogens with one attached hydrogen (secondary N) is 1. The quantitative estimate of drug-likeness (QED) is 0.730. The van der Waals surface area contributed by atoms with Gasteiger partial charge in [-0.25, -0.2) is 4.98 Å². The van der Waals surface area contributed by atoms with E-state index in [2.05, 4.69) is 31.1 Å². The Bertz CT molecular complexity index is 839. The van der Waals surface area contributed by atoms with Gasteiger partial charge in [-0.15, -0.1) is 0 Å². The number of ether oxygens (including phenoxy) is 2. The van der Waals surface area contributed by atoms with Crippen LogP contribution < -0.4 is 15.0 Å². The maximum Gasteiger partial charge on any atom is 0.420 e. The molecule has 0 unspecified atom stereocenters. The smallest absolute Gasteiger partial charge is 0.420 e. The molecule has 1 N–H and O–H groups in total. The summed E-state index contributed by atoms with van der Waals surface area (Å²) in [5, 5.41) is 3.01. The molecule has 0 spiro atoms. The lowest BCUT2D eigenvalue weighted by Gasteiger charge is -2.30. The summed E-state index contributed by atoms with van der Waals surface area (Å²) >= 11 is 3.14. The summed E-state index contributed by atoms with van der Waals surface area (Å²) in [5.41, 5.74) is 1.04. The van der Waals surface area contributed by atoms with Crippen LogP contribution >= 0.6 is 15.9 Å². The zero-order valence-corrected chi connectivity index (χ0v) is 15.2. The number of halogens is 4. The lowest BCUT2D eigenvalue weighted by Crippen LogP contribution is -2.37. The maximum absolute atomic E-state index is 13.4. The Morgan fingerprint density at radius 2 is 1.96 bits per heavy atom. The van der Waals surface area contributed by atoms with Crippen molar-refractivity contribution in [2.75, 3.05) is 36.5 Å². The number of fused-ring (bicyclic) bond motifs is 2. The van der Waals surface area contributed by atoms with Gasteiger partial charge < -0.3 is 19.7 Å². The normalized spacial score (nSPS) is 16.8. The van der Waals surface area contributed by atoms with Crippen LogP contribution in [-0.4, -0.2) is 31.3 Å². The van der Waals surface area contributed by atoms with Gasteiger partial charge in [-0.1, -0.05) is 15.9 Å². The van der Waals surface area contributed by atoms with Crippen molar-refractivity contribution in [1.82, 2.24) is 4.98 Å². The highest BCUT2D eigenvalue weighted by atomic mass is 79.9. The number of pyridine rings is 1. The van der Waals surface area contributed by atoms with Crippen LogP contribution in [0.1, 0.15) is 11.1 Å². The first-order valence-corrected chi connectivity index (χ1v) is 8.84. The molecule has 1 saturated heterocycles. The van der Waals surface area contributed by atoms with Gasteiger partial charge in [0, 0.05) is 29.4 Å². The average Bonchev–Trinajstić information content (AvgIpc) is 2.79. The standard InChI is InChI=1S/C17H15BrF3N3O2/c18-10-7-12(17(19,20)21)15-13(8-10)23-16-11(9-26-15)14(1-2-22-16)24-3-5-25-6-4-24/h1-2,7-8H,3-6,9H2,(H,22,23). The molecule has 0 amide bonds. The molecule has 1 aromatic heterocycles. The van der Waals surface area contributed by atoms with Crippen molar-refractivity contribution in [2.45, 2.75) is 12.8 Å². The second-order valence-corrected chi connectivity index (χ2v) is 6.91. The minimum Gasteiger partial charge on any atom is -0.486 e. The topological polar surface area (TPSA) is 46.6 Å². The number of hydrogen-bond donors (Lipinski definition) is 1. The zero-order chi connectivity index (χ0) is 18.3. The molecule has 0 aliphatic carbocycles. The third-order valence-corrected chi connectivity index (χ3v) is 4.81. The number of morpholine rings is 1. The zero-order valence-electron chi connectivity index (χ0n) is 13.6. The summed E-state index contributed by atoms with van der Waals surface area (Å²) in [6.07, 6.45) is -2.88. The van der Waals surface area contributed by atoms with Gasteiger partial charge >= 0.3 is 6.18 Å². The fourth-order valence-electron chi connectivity index (χ4n) is 3.16. The molecular weight excluding hydrogens is 415 g/mol. The summed E-state index contributed by atoms with van der Waals surface area (Å²) in [4.78, 5) is 6.44. The Labute approximate surface area is 156 Å². The molecule has 3 heterocycles. The lowest BCUT2D eigenvalue weighted by molar-refractivity contribution is -0.139. The van der Waals surface area contributed by atoms with E-state index in [4.69, 9.17) is 9.47 Å². The molecule has 26 heavy (non-hydrogen) atoms. The predicted molar refractivity (Wildman–Crippen MR) is 94.0 cm³/mol. The highest BCUT2D eigenvalue weighted by Gasteiger charge is 2.37. The van der Waals surface area contributed by atoms with Crippen LogP contribution in [0.2, 0.25) is 0 Å². The van der Waals surface area contributed by atoms with Crippen LogP contribution in [0.3, 0.4) is 0 Å². The minimum absolute atomic E-state index is 0.000572. The molecule has 2 aliphatic rings. The summed E-state index contributed by atoms with van der Waals surface area (Å²) in [6.45, 7) is 2.64. The molecule has 0 bridgehead atoms. The van der Waals surface area contributed by atoms with Gasteiger partial charge in [-0.05, 0) is 18.2 Å². The number of rotatable bonds is 1. The van der Waals surface area contributed by atoms with E-state index in [1.54, 1.807) is 12.3 Å². The van der Waals surface area contributed by atoms with Crippen molar-refractivity contribution in [3.8, 4) is 5.75 Å². The van der Waals surface area contributed by atoms with Crippen LogP contribution in [-0.2, 0) is 17.5 Å². The van der Waals surface area contributed by atoms with Crippen molar-refractivity contribution in [1.29, 1.82) is 0 Å². The maximum atomic E-state index is 13.4. The first-order chi connectivity index (χ1) is 12.4. The number of nitrogens with zero attached hydrogens (tertiary/aromatic N) is 2. The molecule has 5 nitrogen and oxygen atoms in total. The second kappa shape index (κ2) is 6.62. The van der Waals surface area contributed by atoms with E-state index in [9.17, 15) is 13.2 Å². The molecule has 1 aromatic carbocycles. The largest absolute Gasteiger partial charge is 0.486 e. The van der Waals surface area contributed by atoms with E-state index in [-0.39, 0.29) is 18.0 Å². The Kier molecular flexibility index (Phi) is 4.44. The van der Waals surface area contributed by atoms with E-state index < -0.39 is 11.7 Å². The van der Waals surface area contributed by atoms with Gasteiger partial charge in [0.05, 0.1) is 24.5 Å². The number of benzene rings is 1. The van der Waals surface area contributed by atoms with Crippen LogP contribution in [0.15, 0.2) is 28.9 Å². The molecular formula is C17H15BrF3N3O2. The number of anilines is 3. The van der Waals surface area contributed by atoms with Gasteiger partial charge in [0.2, 0.25) is 0 Å². The summed E-state index contributed by atoms with van der Waals surface area (Å²) in [5.74, 6) is 0.283. The van der Waals surface area contributed by atoms with Gasteiger partial charge in [-0.3, -0.25) is 0 Å². The molecule has 0 radical (unpaired) electrons. The minimum atomic E-state index is -4.52. The van der Waals surface area contributed by atoms with Gasteiger partial charge in [0.1, 0.15) is 18.0 Å². The molecule has 2 aromatic rings. The predicted octanol–water partition coefficient (Wildman–Crippen LogP) is 4.34. The number of alkyl halides is 3. The molecule has 9 heteroatoms. The average molecular weight is 430 g/mol. The number of hydrogen-bond acceptors (Lipinski definition) is 5. The van der Waals surface area contributed by atoms with E-state index in [0.717, 1.165) is 17.3 Å². The van der Waals surface area contributed by atoms with Crippen LogP contribution in [0.25, 0.3) is 0 Å². The SMILES string of the molecule is FC(F)(F)c1cc(Br)cc2c1OCc1c(N3CCOCC3)ccnc1N2. The highest BCUT2D eigenvalue weighted by molar-refractivity contribution is 9.10. The highest BCUT2D eigenvalue weighted by Crippen LogP contribution is 2.46. The second-order valence-electron chi connectivity index (χ2n) is 6.00. The van der Waals surface area contributed by atoms with Crippen LogP contribution in [0.4, 0.5) is 30.4 Å². The first kappa shape index (κ1) is 17.4. The fraction of sp³-hybridized carbons (Fsp3) is 0.353. The third-order valence-electron chi connectivity index (χ3n) is 4.36. The molecule has 4 rings (SSSR count).